The van der Waals surface area contributed by atoms with Crippen molar-refractivity contribution < 1.29 is 22.7 Å². The Balaban J connectivity index is 1.35. The van der Waals surface area contributed by atoms with Crippen molar-refractivity contribution in [2.75, 3.05) is 13.2 Å². The number of sulfonamides is 1. The van der Waals surface area contributed by atoms with E-state index >= 15 is 0 Å². The van der Waals surface area contributed by atoms with E-state index in [0.29, 0.717) is 31.4 Å². The van der Waals surface area contributed by atoms with Crippen LogP contribution in [0, 0.1) is 25.2 Å². The van der Waals surface area contributed by atoms with Crippen molar-refractivity contribution in [3.05, 3.63) is 99.1 Å². The Morgan fingerprint density at radius 1 is 1.05 bits per heavy atom. The molecule has 41 heavy (non-hydrogen) atoms. The van der Waals surface area contributed by atoms with Gasteiger partial charge in [0.2, 0.25) is 11.8 Å². The summed E-state index contributed by atoms with van der Waals surface area (Å²) < 4.78 is 33.1. The molecule has 0 atom stereocenters. The van der Waals surface area contributed by atoms with Crippen molar-refractivity contribution >= 4 is 39.0 Å². The predicted molar refractivity (Wildman–Crippen MR) is 157 cm³/mol. The van der Waals surface area contributed by atoms with E-state index < -0.39 is 15.9 Å². The quantitative estimate of drug-likeness (QED) is 0.302. The van der Waals surface area contributed by atoms with Crippen molar-refractivity contribution in [3.8, 4) is 11.8 Å². The zero-order valence-electron chi connectivity index (χ0n) is 22.8. The molecule has 0 saturated carbocycles. The number of carbonyl (C=O) groups excluding carboxylic acids is 2. The Bertz CT molecular complexity index is 1650. The third-order valence-electron chi connectivity index (χ3n) is 6.78. The molecular formula is C31H30ClN3O5S. The molecule has 0 fully saturated rings. The van der Waals surface area contributed by atoms with Gasteiger partial charge in [-0.1, -0.05) is 48.0 Å². The van der Waals surface area contributed by atoms with Crippen LogP contribution in [0.4, 0.5) is 0 Å². The number of nitrogens with zero attached hydrogens (tertiary/aromatic N) is 1. The zero-order valence-corrected chi connectivity index (χ0v) is 24.4. The van der Waals surface area contributed by atoms with Crippen molar-refractivity contribution in [2.24, 2.45) is 0 Å². The maximum absolute atomic E-state index is 13.2. The number of rotatable bonds is 11. The number of nitriles is 1. The van der Waals surface area contributed by atoms with Crippen LogP contribution in [0.2, 0.25) is 5.02 Å². The average Bonchev–Trinajstić information content (AvgIpc) is 3.32. The van der Waals surface area contributed by atoms with Gasteiger partial charge in [-0.25, -0.2) is 13.1 Å². The van der Waals surface area contributed by atoms with E-state index in [1.54, 1.807) is 6.07 Å². The summed E-state index contributed by atoms with van der Waals surface area (Å²) in [5.41, 5.74) is 5.47. The van der Waals surface area contributed by atoms with Crippen LogP contribution in [0.5, 0.6) is 5.75 Å². The molecule has 0 aliphatic heterocycles. The summed E-state index contributed by atoms with van der Waals surface area (Å²) in [6.07, 6.45) is 1.54. The highest BCUT2D eigenvalue weighted by Crippen LogP contribution is 2.36. The van der Waals surface area contributed by atoms with Crippen molar-refractivity contribution in [1.82, 2.24) is 10.0 Å². The lowest BCUT2D eigenvalue weighted by atomic mass is 10.0. The number of aryl methyl sites for hydroxylation is 2. The SMILES string of the molecule is Cc1cc(OCCCC2=C(C(=O)NCCC(=O)NS(=O)(=O)c3ccccc3C#N)Cc3ccccc32)cc(C)c1Cl. The van der Waals surface area contributed by atoms with E-state index in [2.05, 4.69) is 5.32 Å². The van der Waals surface area contributed by atoms with E-state index in [-0.39, 0.29) is 29.3 Å². The number of allylic oxidation sites excluding steroid dienone is 1. The molecule has 0 aromatic heterocycles. The Labute approximate surface area is 245 Å². The van der Waals surface area contributed by atoms with E-state index in [1.165, 1.54) is 24.3 Å². The van der Waals surface area contributed by atoms with Crippen LogP contribution in [0.25, 0.3) is 5.57 Å². The predicted octanol–water partition coefficient (Wildman–Crippen LogP) is 5.01. The van der Waals surface area contributed by atoms with Gasteiger partial charge >= 0.3 is 0 Å². The molecule has 2 amide bonds. The van der Waals surface area contributed by atoms with Crippen LogP contribution in [0.15, 0.2) is 71.1 Å². The first-order valence-electron chi connectivity index (χ1n) is 13.1. The molecule has 0 spiro atoms. The molecule has 0 bridgehead atoms. The van der Waals surface area contributed by atoms with Crippen LogP contribution in [0.3, 0.4) is 0 Å². The molecule has 0 radical (unpaired) electrons. The molecular weight excluding hydrogens is 562 g/mol. The highest BCUT2D eigenvalue weighted by molar-refractivity contribution is 7.90. The third-order valence-corrected chi connectivity index (χ3v) is 8.81. The zero-order chi connectivity index (χ0) is 29.6. The van der Waals surface area contributed by atoms with Crippen molar-refractivity contribution in [1.29, 1.82) is 5.26 Å². The summed E-state index contributed by atoms with van der Waals surface area (Å²) in [6, 6.07) is 19.1. The van der Waals surface area contributed by atoms with Crippen LogP contribution < -0.4 is 14.8 Å². The summed E-state index contributed by atoms with van der Waals surface area (Å²) in [6.45, 7) is 4.28. The topological polar surface area (TPSA) is 125 Å². The number of hydrogen-bond acceptors (Lipinski definition) is 6. The Morgan fingerprint density at radius 2 is 1.73 bits per heavy atom. The molecule has 3 aromatic rings. The lowest BCUT2D eigenvalue weighted by Gasteiger charge is -2.12. The fraction of sp³-hybridized carbons (Fsp3) is 0.258. The van der Waals surface area contributed by atoms with E-state index in [0.717, 1.165) is 38.6 Å². The average molecular weight is 592 g/mol. The van der Waals surface area contributed by atoms with E-state index in [9.17, 15) is 18.0 Å². The van der Waals surface area contributed by atoms with Gasteiger partial charge in [0.15, 0.2) is 0 Å². The van der Waals surface area contributed by atoms with Crippen LogP contribution in [-0.4, -0.2) is 33.4 Å². The van der Waals surface area contributed by atoms with Gasteiger partial charge in [-0.15, -0.1) is 0 Å². The molecule has 8 nitrogen and oxygen atoms in total. The summed E-state index contributed by atoms with van der Waals surface area (Å²) in [4.78, 5) is 25.3. The second-order valence-corrected chi connectivity index (χ2v) is 11.8. The molecule has 0 saturated heterocycles. The number of hydrogen-bond donors (Lipinski definition) is 2. The minimum atomic E-state index is -4.22. The van der Waals surface area contributed by atoms with Gasteiger partial charge < -0.3 is 10.1 Å². The second kappa shape index (κ2) is 13.0. The third kappa shape index (κ3) is 7.15. The molecule has 0 heterocycles. The monoisotopic (exact) mass is 591 g/mol. The smallest absolute Gasteiger partial charge is 0.265 e. The summed E-state index contributed by atoms with van der Waals surface area (Å²) >= 11 is 6.25. The molecule has 0 unspecified atom stereocenters. The fourth-order valence-corrected chi connectivity index (χ4v) is 6.09. The van der Waals surface area contributed by atoms with Crippen LogP contribution in [0.1, 0.15) is 47.1 Å². The number of amides is 2. The van der Waals surface area contributed by atoms with Gasteiger partial charge in [-0.05, 0) is 78.8 Å². The fourth-order valence-electron chi connectivity index (χ4n) is 4.81. The number of halogens is 1. The highest BCUT2D eigenvalue weighted by atomic mass is 35.5. The molecule has 10 heteroatoms. The van der Waals surface area contributed by atoms with Gasteiger partial charge in [0.1, 0.15) is 16.7 Å². The summed E-state index contributed by atoms with van der Waals surface area (Å²) in [5.74, 6) is -0.335. The molecule has 2 N–H and O–H groups in total. The largest absolute Gasteiger partial charge is 0.494 e. The normalized spacial score (nSPS) is 12.4. The first kappa shape index (κ1) is 29.8. The number of carbonyl (C=O) groups is 2. The van der Waals surface area contributed by atoms with Gasteiger partial charge in [0.05, 0.1) is 12.2 Å². The van der Waals surface area contributed by atoms with Crippen LogP contribution in [-0.2, 0) is 26.0 Å². The Morgan fingerprint density at radius 3 is 2.46 bits per heavy atom. The van der Waals surface area contributed by atoms with E-state index in [4.69, 9.17) is 21.6 Å². The number of benzene rings is 3. The maximum Gasteiger partial charge on any atom is 0.265 e. The molecule has 1 aliphatic carbocycles. The molecule has 3 aromatic carbocycles. The summed E-state index contributed by atoms with van der Waals surface area (Å²) in [7, 11) is -4.22. The first-order chi connectivity index (χ1) is 19.6. The standard InChI is InChI=1S/C31H30ClN3O5S/c1-20-16-24(17-21(2)30(20)32)40-15-7-11-26-25-10-5-3-8-22(25)18-27(26)31(37)34-14-13-29(36)35-41(38,39)28-12-6-4-9-23(28)19-33/h3-6,8-10,12,16-17H,7,11,13-15,18H2,1-2H3,(H,34,37)(H,35,36). The van der Waals surface area contributed by atoms with Gasteiger partial charge in [-0.2, -0.15) is 5.26 Å². The number of fused-ring (bicyclic) bond motifs is 1. The minimum Gasteiger partial charge on any atom is -0.494 e. The second-order valence-electron chi connectivity index (χ2n) is 9.76. The van der Waals surface area contributed by atoms with Crippen LogP contribution >= 0.6 is 11.6 Å². The maximum atomic E-state index is 13.2. The van der Waals surface area contributed by atoms with Crippen molar-refractivity contribution in [2.45, 2.75) is 44.4 Å². The first-order valence-corrected chi connectivity index (χ1v) is 15.0. The molecule has 1 aliphatic rings. The van der Waals surface area contributed by atoms with Gasteiger partial charge in [-0.3, -0.25) is 9.59 Å². The molecule has 212 valence electrons. The highest BCUT2D eigenvalue weighted by Gasteiger charge is 2.26. The molecule has 4 rings (SSSR count). The van der Waals surface area contributed by atoms with Crippen molar-refractivity contribution in [3.63, 3.8) is 0 Å². The lowest BCUT2D eigenvalue weighted by molar-refractivity contribution is -0.119. The summed E-state index contributed by atoms with van der Waals surface area (Å²) in [5, 5.41) is 12.6. The Hall–Kier alpha value is -4.13. The minimum absolute atomic E-state index is 0.0500. The lowest BCUT2D eigenvalue weighted by Crippen LogP contribution is -2.35. The van der Waals surface area contributed by atoms with Gasteiger partial charge in [0, 0.05) is 30.0 Å². The number of ether oxygens (including phenoxy) is 1. The Kier molecular flexibility index (Phi) is 9.48. The van der Waals surface area contributed by atoms with E-state index in [1.807, 2.05) is 55.0 Å². The van der Waals surface area contributed by atoms with Gasteiger partial charge in [0.25, 0.3) is 10.0 Å². The number of nitrogens with one attached hydrogen (secondary N) is 2.